The first-order valence-electron chi connectivity index (χ1n) is 8.95. The SMILES string of the molecule is CCOC(=O)N1CCN(C(=O)c2ccc(-c3ccc(NC)nn3)cc2)CC1. The first-order chi connectivity index (χ1) is 13.1. The van der Waals surface area contributed by atoms with E-state index in [-0.39, 0.29) is 12.0 Å². The van der Waals surface area contributed by atoms with E-state index in [9.17, 15) is 9.59 Å². The number of piperazine rings is 1. The van der Waals surface area contributed by atoms with Crippen molar-refractivity contribution < 1.29 is 14.3 Å². The van der Waals surface area contributed by atoms with Crippen molar-refractivity contribution in [3.05, 3.63) is 42.0 Å². The smallest absolute Gasteiger partial charge is 0.409 e. The fourth-order valence-corrected chi connectivity index (χ4v) is 2.89. The predicted molar refractivity (Wildman–Crippen MR) is 102 cm³/mol. The van der Waals surface area contributed by atoms with Crippen LogP contribution in [0, 0.1) is 0 Å². The van der Waals surface area contributed by atoms with Crippen molar-refractivity contribution in [3.8, 4) is 11.3 Å². The molecule has 8 nitrogen and oxygen atoms in total. The summed E-state index contributed by atoms with van der Waals surface area (Å²) >= 11 is 0. The molecule has 1 N–H and O–H groups in total. The van der Waals surface area contributed by atoms with E-state index in [2.05, 4.69) is 15.5 Å². The molecule has 0 aliphatic carbocycles. The van der Waals surface area contributed by atoms with Gasteiger partial charge in [0.1, 0.15) is 5.82 Å². The van der Waals surface area contributed by atoms with Gasteiger partial charge in [0, 0.05) is 44.4 Å². The van der Waals surface area contributed by atoms with Crippen LogP contribution in [-0.2, 0) is 4.74 Å². The topological polar surface area (TPSA) is 87.7 Å². The Morgan fingerprint density at radius 3 is 2.22 bits per heavy atom. The van der Waals surface area contributed by atoms with Crippen LogP contribution in [-0.4, -0.2) is 71.8 Å². The van der Waals surface area contributed by atoms with Gasteiger partial charge in [0.15, 0.2) is 0 Å². The van der Waals surface area contributed by atoms with Crippen molar-refractivity contribution in [1.29, 1.82) is 0 Å². The molecule has 0 unspecified atom stereocenters. The fourth-order valence-electron chi connectivity index (χ4n) is 2.89. The maximum Gasteiger partial charge on any atom is 0.409 e. The summed E-state index contributed by atoms with van der Waals surface area (Å²) in [6.07, 6.45) is -0.320. The molecule has 142 valence electrons. The van der Waals surface area contributed by atoms with E-state index >= 15 is 0 Å². The number of ether oxygens (including phenoxy) is 1. The molecule has 1 aliphatic heterocycles. The number of anilines is 1. The lowest BCUT2D eigenvalue weighted by atomic mass is 10.1. The Labute approximate surface area is 158 Å². The zero-order valence-corrected chi connectivity index (χ0v) is 15.5. The van der Waals surface area contributed by atoms with Gasteiger partial charge in [-0.2, -0.15) is 0 Å². The lowest BCUT2D eigenvalue weighted by Gasteiger charge is -2.34. The fraction of sp³-hybridized carbons (Fsp3) is 0.368. The van der Waals surface area contributed by atoms with Gasteiger partial charge >= 0.3 is 6.09 Å². The highest BCUT2D eigenvalue weighted by Crippen LogP contribution is 2.19. The molecular weight excluding hydrogens is 346 g/mol. The maximum absolute atomic E-state index is 12.7. The van der Waals surface area contributed by atoms with Crippen LogP contribution >= 0.6 is 0 Å². The minimum Gasteiger partial charge on any atom is -0.450 e. The van der Waals surface area contributed by atoms with Crippen LogP contribution in [0.1, 0.15) is 17.3 Å². The molecule has 3 rings (SSSR count). The van der Waals surface area contributed by atoms with E-state index in [1.54, 1.807) is 35.9 Å². The minimum atomic E-state index is -0.320. The van der Waals surface area contributed by atoms with Crippen molar-refractivity contribution in [2.75, 3.05) is 45.2 Å². The van der Waals surface area contributed by atoms with E-state index < -0.39 is 0 Å². The molecule has 2 amide bonds. The number of amides is 2. The molecule has 1 saturated heterocycles. The second-order valence-corrected chi connectivity index (χ2v) is 6.11. The average molecular weight is 369 g/mol. The van der Waals surface area contributed by atoms with Crippen LogP contribution in [0.15, 0.2) is 36.4 Å². The third-order valence-corrected chi connectivity index (χ3v) is 4.44. The first-order valence-corrected chi connectivity index (χ1v) is 8.95. The highest BCUT2D eigenvalue weighted by Gasteiger charge is 2.25. The second kappa shape index (κ2) is 8.48. The summed E-state index contributed by atoms with van der Waals surface area (Å²) in [4.78, 5) is 27.8. The van der Waals surface area contributed by atoms with Gasteiger partial charge in [0.2, 0.25) is 0 Å². The molecule has 1 aromatic carbocycles. The molecule has 27 heavy (non-hydrogen) atoms. The van der Waals surface area contributed by atoms with Crippen LogP contribution in [0.3, 0.4) is 0 Å². The third-order valence-electron chi connectivity index (χ3n) is 4.44. The Morgan fingerprint density at radius 2 is 1.67 bits per heavy atom. The summed E-state index contributed by atoms with van der Waals surface area (Å²) in [7, 11) is 1.79. The van der Waals surface area contributed by atoms with Gasteiger partial charge in [-0.05, 0) is 31.2 Å². The van der Waals surface area contributed by atoms with Crippen LogP contribution in [0.4, 0.5) is 10.6 Å². The highest BCUT2D eigenvalue weighted by molar-refractivity contribution is 5.94. The molecule has 0 atom stereocenters. The highest BCUT2D eigenvalue weighted by atomic mass is 16.6. The number of aromatic nitrogens is 2. The quantitative estimate of drug-likeness (QED) is 0.888. The van der Waals surface area contributed by atoms with E-state index in [1.807, 2.05) is 24.3 Å². The number of carbonyl (C=O) groups excluding carboxylic acids is 2. The van der Waals surface area contributed by atoms with Crippen LogP contribution in [0.5, 0.6) is 0 Å². The monoisotopic (exact) mass is 369 g/mol. The predicted octanol–water partition coefficient (Wildman–Crippen LogP) is 2.10. The molecule has 0 radical (unpaired) electrons. The minimum absolute atomic E-state index is 0.0401. The molecule has 2 heterocycles. The van der Waals surface area contributed by atoms with E-state index in [4.69, 9.17) is 4.74 Å². The van der Waals surface area contributed by atoms with Crippen molar-refractivity contribution in [1.82, 2.24) is 20.0 Å². The van der Waals surface area contributed by atoms with Gasteiger partial charge in [-0.1, -0.05) is 12.1 Å². The molecule has 1 fully saturated rings. The van der Waals surface area contributed by atoms with Gasteiger partial charge < -0.3 is 19.9 Å². The average Bonchev–Trinajstić information content (AvgIpc) is 2.74. The van der Waals surface area contributed by atoms with Crippen molar-refractivity contribution >= 4 is 17.8 Å². The summed E-state index contributed by atoms with van der Waals surface area (Å²) in [5.74, 6) is 0.661. The Hall–Kier alpha value is -3.16. The number of carbonyl (C=O) groups is 2. The lowest BCUT2D eigenvalue weighted by Crippen LogP contribution is -2.50. The van der Waals surface area contributed by atoms with Gasteiger partial charge in [-0.3, -0.25) is 4.79 Å². The number of hydrogen-bond acceptors (Lipinski definition) is 6. The Bertz CT molecular complexity index is 784. The lowest BCUT2D eigenvalue weighted by molar-refractivity contribution is 0.0570. The van der Waals surface area contributed by atoms with Crippen LogP contribution in [0.2, 0.25) is 0 Å². The van der Waals surface area contributed by atoms with Gasteiger partial charge in [0.25, 0.3) is 5.91 Å². The third kappa shape index (κ3) is 4.33. The Morgan fingerprint density at radius 1 is 1.00 bits per heavy atom. The number of rotatable bonds is 4. The van der Waals surface area contributed by atoms with E-state index in [1.165, 1.54) is 0 Å². The zero-order chi connectivity index (χ0) is 19.2. The molecule has 1 aliphatic rings. The summed E-state index contributed by atoms with van der Waals surface area (Å²) in [5.41, 5.74) is 2.26. The van der Waals surface area contributed by atoms with E-state index in [0.29, 0.717) is 44.2 Å². The summed E-state index contributed by atoms with van der Waals surface area (Å²) < 4.78 is 5.00. The van der Waals surface area contributed by atoms with Crippen molar-refractivity contribution in [2.45, 2.75) is 6.92 Å². The van der Waals surface area contributed by atoms with Gasteiger partial charge in [-0.25, -0.2) is 4.79 Å². The number of hydrogen-bond donors (Lipinski definition) is 1. The molecule has 1 aromatic heterocycles. The standard InChI is InChI=1S/C19H23N5O3/c1-3-27-19(26)24-12-10-23(11-13-24)18(25)15-6-4-14(5-7-15)16-8-9-17(20-2)22-21-16/h4-9H,3,10-13H2,1-2H3,(H,20,22). The normalized spacial score (nSPS) is 14.0. The van der Waals surface area contributed by atoms with E-state index in [0.717, 1.165) is 11.3 Å². The zero-order valence-electron chi connectivity index (χ0n) is 15.5. The number of nitrogens with zero attached hydrogens (tertiary/aromatic N) is 4. The van der Waals surface area contributed by atoms with Crippen molar-refractivity contribution in [2.24, 2.45) is 0 Å². The largest absolute Gasteiger partial charge is 0.450 e. The van der Waals surface area contributed by atoms with Crippen LogP contribution in [0.25, 0.3) is 11.3 Å². The Balaban J connectivity index is 1.61. The van der Waals surface area contributed by atoms with Gasteiger partial charge in [0.05, 0.1) is 12.3 Å². The summed E-state index contributed by atoms with van der Waals surface area (Å²) in [6, 6.07) is 11.1. The number of nitrogens with one attached hydrogen (secondary N) is 1. The summed E-state index contributed by atoms with van der Waals surface area (Å²) in [5, 5.41) is 11.2. The first kappa shape index (κ1) is 18.6. The molecule has 8 heteroatoms. The van der Waals surface area contributed by atoms with Crippen LogP contribution < -0.4 is 5.32 Å². The molecule has 0 spiro atoms. The maximum atomic E-state index is 12.7. The number of benzene rings is 1. The second-order valence-electron chi connectivity index (χ2n) is 6.11. The molecule has 2 aromatic rings. The summed E-state index contributed by atoms with van der Waals surface area (Å²) in [6.45, 7) is 4.09. The molecular formula is C19H23N5O3. The Kier molecular flexibility index (Phi) is 5.85. The molecule has 0 bridgehead atoms. The van der Waals surface area contributed by atoms with Crippen molar-refractivity contribution in [3.63, 3.8) is 0 Å². The molecule has 0 saturated carbocycles. The van der Waals surface area contributed by atoms with Gasteiger partial charge in [-0.15, -0.1) is 10.2 Å².